The first-order chi connectivity index (χ1) is 17.8. The maximum Gasteiger partial charge on any atom is 0.498 e. The van der Waals surface area contributed by atoms with Crippen LogP contribution in [0.1, 0.15) is 27.7 Å². The molecule has 2 aromatic heterocycles. The van der Waals surface area contributed by atoms with Crippen molar-refractivity contribution in [2.45, 2.75) is 38.9 Å². The smallest absolute Gasteiger partial charge is 0.456 e. The van der Waals surface area contributed by atoms with E-state index in [1.54, 1.807) is 0 Å². The lowest BCUT2D eigenvalue weighted by Crippen LogP contribution is -2.41. The first-order valence-corrected chi connectivity index (χ1v) is 12.6. The van der Waals surface area contributed by atoms with Gasteiger partial charge in [-0.1, -0.05) is 60.7 Å². The highest BCUT2D eigenvalue weighted by Crippen LogP contribution is 2.39. The van der Waals surface area contributed by atoms with Gasteiger partial charge < -0.3 is 18.1 Å². The van der Waals surface area contributed by atoms with E-state index < -0.39 is 18.3 Å². The van der Waals surface area contributed by atoms with Crippen LogP contribution in [0, 0.1) is 0 Å². The Morgan fingerprint density at radius 1 is 0.622 bits per heavy atom. The Hall–Kier alpha value is -3.87. The van der Waals surface area contributed by atoms with Crippen LogP contribution < -0.4 is 5.46 Å². The van der Waals surface area contributed by atoms with Crippen molar-refractivity contribution in [3.05, 3.63) is 84.9 Å². The third-order valence-electron chi connectivity index (χ3n) is 7.79. The van der Waals surface area contributed by atoms with E-state index in [4.69, 9.17) is 23.1 Å². The van der Waals surface area contributed by atoms with Crippen LogP contribution in [-0.2, 0) is 9.31 Å². The molecule has 6 heteroatoms. The number of benzene rings is 4. The van der Waals surface area contributed by atoms with Gasteiger partial charge >= 0.3 is 7.12 Å². The molecule has 3 heterocycles. The van der Waals surface area contributed by atoms with Gasteiger partial charge in [0.1, 0.15) is 16.7 Å². The molecular weight excluding hydrogens is 461 g/mol. The molecule has 5 nitrogen and oxygen atoms in total. The zero-order valence-electron chi connectivity index (χ0n) is 21.2. The van der Waals surface area contributed by atoms with E-state index in [0.717, 1.165) is 44.0 Å². The fraction of sp³-hybridized carbons (Fsp3) is 0.194. The fourth-order valence-electron chi connectivity index (χ4n) is 5.00. The normalized spacial score (nSPS) is 16.8. The summed E-state index contributed by atoms with van der Waals surface area (Å²) in [6, 6.07) is 28.6. The molecule has 0 atom stereocenters. The summed E-state index contributed by atoms with van der Waals surface area (Å²) in [5, 5.41) is 1.86. The number of furan rings is 1. The molecule has 6 aromatic rings. The van der Waals surface area contributed by atoms with Gasteiger partial charge in [0, 0.05) is 16.4 Å². The van der Waals surface area contributed by atoms with Crippen LogP contribution in [0.3, 0.4) is 0 Å². The third kappa shape index (κ3) is 3.44. The van der Waals surface area contributed by atoms with E-state index in [2.05, 4.69) is 52.0 Å². The number of rotatable bonds is 3. The highest BCUT2D eigenvalue weighted by molar-refractivity contribution is 6.65. The Balaban J connectivity index is 1.33. The van der Waals surface area contributed by atoms with E-state index in [0.29, 0.717) is 11.5 Å². The van der Waals surface area contributed by atoms with Gasteiger partial charge in [0.2, 0.25) is 5.89 Å². The zero-order chi connectivity index (χ0) is 25.4. The molecule has 7 rings (SSSR count). The molecule has 182 valence electrons. The predicted octanol–water partition coefficient (Wildman–Crippen LogP) is 7.36. The van der Waals surface area contributed by atoms with Crippen molar-refractivity contribution in [1.82, 2.24) is 4.98 Å². The molecule has 0 spiro atoms. The molecule has 1 fully saturated rings. The molecule has 0 bridgehead atoms. The summed E-state index contributed by atoms with van der Waals surface area (Å²) in [5.41, 5.74) is 6.25. The van der Waals surface area contributed by atoms with Gasteiger partial charge in [-0.15, -0.1) is 0 Å². The second-order valence-electron chi connectivity index (χ2n) is 10.7. The highest BCUT2D eigenvalue weighted by atomic mass is 16.7. The Bertz CT molecular complexity index is 1770. The number of para-hydroxylation sites is 1. The van der Waals surface area contributed by atoms with Crippen molar-refractivity contribution >= 4 is 45.6 Å². The molecule has 37 heavy (non-hydrogen) atoms. The molecule has 4 aromatic carbocycles. The van der Waals surface area contributed by atoms with Crippen LogP contribution in [0.25, 0.3) is 55.6 Å². The average molecular weight is 487 g/mol. The van der Waals surface area contributed by atoms with Crippen molar-refractivity contribution in [2.24, 2.45) is 0 Å². The predicted molar refractivity (Wildman–Crippen MR) is 148 cm³/mol. The molecule has 1 saturated heterocycles. The van der Waals surface area contributed by atoms with Gasteiger partial charge in [0.15, 0.2) is 5.58 Å². The minimum Gasteiger partial charge on any atom is -0.456 e. The van der Waals surface area contributed by atoms with Crippen molar-refractivity contribution in [3.8, 4) is 22.6 Å². The first kappa shape index (κ1) is 22.3. The lowest BCUT2D eigenvalue weighted by molar-refractivity contribution is 0.00578. The Kier molecular flexibility index (Phi) is 4.72. The van der Waals surface area contributed by atoms with Crippen LogP contribution in [0.2, 0.25) is 0 Å². The van der Waals surface area contributed by atoms with E-state index >= 15 is 0 Å². The van der Waals surface area contributed by atoms with Crippen molar-refractivity contribution < 1.29 is 18.1 Å². The van der Waals surface area contributed by atoms with Crippen molar-refractivity contribution in [1.29, 1.82) is 0 Å². The summed E-state index contributed by atoms with van der Waals surface area (Å²) in [4.78, 5) is 4.80. The molecular formula is C31H26BNO4. The summed E-state index contributed by atoms with van der Waals surface area (Å²) in [5.74, 6) is 0.582. The van der Waals surface area contributed by atoms with E-state index in [1.807, 2.05) is 60.7 Å². The molecule has 0 N–H and O–H groups in total. The summed E-state index contributed by atoms with van der Waals surface area (Å²) in [6.07, 6.45) is 0. The second kappa shape index (κ2) is 7.82. The van der Waals surface area contributed by atoms with E-state index in [1.165, 1.54) is 5.56 Å². The lowest BCUT2D eigenvalue weighted by Gasteiger charge is -2.32. The average Bonchev–Trinajstić information content (AvgIpc) is 3.55. The summed E-state index contributed by atoms with van der Waals surface area (Å²) < 4.78 is 25.4. The Morgan fingerprint density at radius 3 is 2.03 bits per heavy atom. The SMILES string of the molecule is CC1(C)OB(c2cccc3c2oc2ccc4nc(-c5ccc(-c6ccccc6)cc5)oc4c23)OC1(C)C. The number of hydrogen-bond donors (Lipinski definition) is 0. The maximum atomic E-state index is 6.38. The first-order valence-electron chi connectivity index (χ1n) is 12.6. The van der Waals surface area contributed by atoms with Gasteiger partial charge in [-0.05, 0) is 63.1 Å². The molecule has 0 aliphatic carbocycles. The van der Waals surface area contributed by atoms with Crippen LogP contribution in [0.4, 0.5) is 0 Å². The Morgan fingerprint density at radius 2 is 1.30 bits per heavy atom. The largest absolute Gasteiger partial charge is 0.498 e. The lowest BCUT2D eigenvalue weighted by atomic mass is 9.78. The molecule has 1 aliphatic rings. The number of hydrogen-bond acceptors (Lipinski definition) is 5. The summed E-state index contributed by atoms with van der Waals surface area (Å²) in [7, 11) is -0.516. The van der Waals surface area contributed by atoms with Gasteiger partial charge in [-0.25, -0.2) is 4.98 Å². The minimum atomic E-state index is -0.516. The van der Waals surface area contributed by atoms with E-state index in [9.17, 15) is 0 Å². The highest BCUT2D eigenvalue weighted by Gasteiger charge is 2.52. The van der Waals surface area contributed by atoms with Crippen LogP contribution in [0.15, 0.2) is 93.8 Å². The van der Waals surface area contributed by atoms with Gasteiger partial charge in [-0.2, -0.15) is 0 Å². The number of oxazole rings is 1. The van der Waals surface area contributed by atoms with Crippen LogP contribution >= 0.6 is 0 Å². The van der Waals surface area contributed by atoms with Crippen molar-refractivity contribution in [3.63, 3.8) is 0 Å². The number of nitrogens with zero attached hydrogens (tertiary/aromatic N) is 1. The van der Waals surface area contributed by atoms with Crippen LogP contribution in [-0.4, -0.2) is 23.3 Å². The zero-order valence-corrected chi connectivity index (χ0v) is 21.2. The van der Waals surface area contributed by atoms with Crippen LogP contribution in [0.5, 0.6) is 0 Å². The monoisotopic (exact) mass is 487 g/mol. The quantitative estimate of drug-likeness (QED) is 0.244. The van der Waals surface area contributed by atoms with Gasteiger partial charge in [0.25, 0.3) is 0 Å². The molecule has 0 saturated carbocycles. The molecule has 0 unspecified atom stereocenters. The van der Waals surface area contributed by atoms with E-state index in [-0.39, 0.29) is 0 Å². The summed E-state index contributed by atoms with van der Waals surface area (Å²) in [6.45, 7) is 8.21. The fourth-order valence-corrected chi connectivity index (χ4v) is 5.00. The molecule has 0 amide bonds. The van der Waals surface area contributed by atoms with Crippen molar-refractivity contribution in [2.75, 3.05) is 0 Å². The number of aromatic nitrogens is 1. The number of fused-ring (bicyclic) bond motifs is 5. The standard InChI is InChI=1S/C31H26BNO4/c1-30(2)31(3,4)37-32(36-30)23-12-8-11-22-26-25(34-27(22)23)18-17-24-28(26)35-29(33-24)21-15-13-20(14-16-21)19-9-6-5-7-10-19/h5-18H,1-4H3. The topological polar surface area (TPSA) is 57.6 Å². The molecule has 1 aliphatic heterocycles. The maximum absolute atomic E-state index is 6.38. The molecule has 0 radical (unpaired) electrons. The summed E-state index contributed by atoms with van der Waals surface area (Å²) >= 11 is 0. The van der Waals surface area contributed by atoms with Gasteiger partial charge in [-0.3, -0.25) is 0 Å². The van der Waals surface area contributed by atoms with Gasteiger partial charge in [0.05, 0.1) is 16.6 Å². The Labute approximate surface area is 215 Å². The second-order valence-corrected chi connectivity index (χ2v) is 10.7. The third-order valence-corrected chi connectivity index (χ3v) is 7.79. The minimum absolute atomic E-state index is 0.436.